The summed E-state index contributed by atoms with van der Waals surface area (Å²) in [5.41, 5.74) is 5.89. The van der Waals surface area contributed by atoms with Gasteiger partial charge in [0, 0.05) is 25.2 Å². The fourth-order valence-electron chi connectivity index (χ4n) is 1.68. The van der Waals surface area contributed by atoms with Crippen LogP contribution < -0.4 is 5.48 Å². The van der Waals surface area contributed by atoms with Gasteiger partial charge in [-0.2, -0.15) is 10.6 Å². The topological polar surface area (TPSA) is 52.0 Å². The monoisotopic (exact) mass is 220 g/mol. The minimum Gasteiger partial charge on any atom is -0.302 e. The number of hydroxylamine groups is 1. The second kappa shape index (κ2) is 4.59. The lowest BCUT2D eigenvalue weighted by Crippen LogP contribution is -2.13. The lowest BCUT2D eigenvalue weighted by Gasteiger charge is -2.03. The molecule has 0 unspecified atom stereocenters. The van der Waals surface area contributed by atoms with Gasteiger partial charge in [-0.3, -0.25) is 4.68 Å². The molecule has 0 saturated heterocycles. The Morgan fingerprint density at radius 2 is 2.31 bits per heavy atom. The Labute approximate surface area is 94.4 Å². The fraction of sp³-hybridized carbons (Fsp3) is 0.455. The molecule has 0 bridgehead atoms. The summed E-state index contributed by atoms with van der Waals surface area (Å²) in [5, 5.41) is 5.43. The first-order chi connectivity index (χ1) is 7.72. The number of aromatic nitrogens is 3. The van der Waals surface area contributed by atoms with Crippen LogP contribution in [0.1, 0.15) is 18.2 Å². The Balaban J connectivity index is 2.25. The van der Waals surface area contributed by atoms with E-state index in [0.29, 0.717) is 13.2 Å². The number of nitrogens with one attached hydrogen (secondary N) is 1. The molecule has 0 aliphatic carbocycles. The Kier molecular flexibility index (Phi) is 3.17. The van der Waals surface area contributed by atoms with Crippen molar-refractivity contribution in [3.05, 3.63) is 23.5 Å². The summed E-state index contributed by atoms with van der Waals surface area (Å²) in [4.78, 5) is 9.47. The van der Waals surface area contributed by atoms with E-state index in [1.54, 1.807) is 4.68 Å². The van der Waals surface area contributed by atoms with Crippen LogP contribution in [0, 0.1) is 6.92 Å². The van der Waals surface area contributed by atoms with Gasteiger partial charge < -0.3 is 4.84 Å². The maximum atomic E-state index is 5.09. The molecule has 16 heavy (non-hydrogen) atoms. The van der Waals surface area contributed by atoms with Crippen LogP contribution in [0.25, 0.3) is 11.0 Å². The van der Waals surface area contributed by atoms with Gasteiger partial charge in [0.25, 0.3) is 0 Å². The third-order valence-corrected chi connectivity index (χ3v) is 2.44. The molecular weight excluding hydrogens is 204 g/mol. The van der Waals surface area contributed by atoms with E-state index in [-0.39, 0.29) is 0 Å². The van der Waals surface area contributed by atoms with Gasteiger partial charge in [-0.1, -0.05) is 0 Å². The highest BCUT2D eigenvalue weighted by Gasteiger charge is 2.06. The average Bonchev–Trinajstić information content (AvgIpc) is 2.55. The number of nitrogens with zero attached hydrogens (tertiary/aromatic N) is 3. The van der Waals surface area contributed by atoms with E-state index < -0.39 is 0 Å². The maximum absolute atomic E-state index is 5.09. The number of pyridine rings is 1. The molecule has 0 amide bonds. The summed E-state index contributed by atoms with van der Waals surface area (Å²) in [6.07, 6.45) is 1.84. The molecule has 0 radical (unpaired) electrons. The zero-order chi connectivity index (χ0) is 11.5. The first-order valence-electron chi connectivity index (χ1n) is 5.35. The second-order valence-corrected chi connectivity index (χ2v) is 3.68. The molecule has 2 aromatic rings. The molecular formula is C11H16N4O. The van der Waals surface area contributed by atoms with E-state index >= 15 is 0 Å². The SMILES string of the molecule is CCONCc1cnc2c(c1)c(C)nn2C. The van der Waals surface area contributed by atoms with Gasteiger partial charge in [0.05, 0.1) is 12.3 Å². The molecule has 5 nitrogen and oxygen atoms in total. The first kappa shape index (κ1) is 11.0. The highest BCUT2D eigenvalue weighted by molar-refractivity contribution is 5.78. The number of fused-ring (bicyclic) bond motifs is 1. The van der Waals surface area contributed by atoms with Crippen molar-refractivity contribution in [2.75, 3.05) is 6.61 Å². The minimum atomic E-state index is 0.654. The molecule has 5 heteroatoms. The number of hydrogen-bond acceptors (Lipinski definition) is 4. The summed E-state index contributed by atoms with van der Waals surface area (Å²) in [6, 6.07) is 2.09. The number of rotatable bonds is 4. The van der Waals surface area contributed by atoms with Crippen LogP contribution in [0.5, 0.6) is 0 Å². The fourth-order valence-corrected chi connectivity index (χ4v) is 1.68. The van der Waals surface area contributed by atoms with Crippen molar-refractivity contribution in [2.24, 2.45) is 7.05 Å². The lowest BCUT2D eigenvalue weighted by molar-refractivity contribution is 0.0463. The Hall–Kier alpha value is -1.46. The van der Waals surface area contributed by atoms with Crippen molar-refractivity contribution in [2.45, 2.75) is 20.4 Å². The van der Waals surface area contributed by atoms with Gasteiger partial charge in [0.2, 0.25) is 0 Å². The second-order valence-electron chi connectivity index (χ2n) is 3.68. The molecule has 0 aromatic carbocycles. The van der Waals surface area contributed by atoms with Crippen LogP contribution in [-0.2, 0) is 18.4 Å². The molecule has 2 heterocycles. The number of hydrogen-bond donors (Lipinski definition) is 1. The highest BCUT2D eigenvalue weighted by Crippen LogP contribution is 2.16. The summed E-state index contributed by atoms with van der Waals surface area (Å²) >= 11 is 0. The van der Waals surface area contributed by atoms with Crippen molar-refractivity contribution >= 4 is 11.0 Å². The van der Waals surface area contributed by atoms with E-state index in [1.807, 2.05) is 27.1 Å². The summed E-state index contributed by atoms with van der Waals surface area (Å²) in [7, 11) is 1.90. The first-order valence-corrected chi connectivity index (χ1v) is 5.35. The van der Waals surface area contributed by atoms with Gasteiger partial charge in [-0.05, 0) is 25.5 Å². The van der Waals surface area contributed by atoms with E-state index in [0.717, 1.165) is 22.3 Å². The Bertz CT molecular complexity index is 492. The van der Waals surface area contributed by atoms with Crippen molar-refractivity contribution in [3.8, 4) is 0 Å². The van der Waals surface area contributed by atoms with E-state index in [4.69, 9.17) is 4.84 Å². The molecule has 0 spiro atoms. The normalized spacial score (nSPS) is 11.2. The Morgan fingerprint density at radius 3 is 3.06 bits per heavy atom. The zero-order valence-electron chi connectivity index (χ0n) is 9.82. The van der Waals surface area contributed by atoms with E-state index in [2.05, 4.69) is 21.6 Å². The van der Waals surface area contributed by atoms with Crippen LogP contribution in [0.4, 0.5) is 0 Å². The summed E-state index contributed by atoms with van der Waals surface area (Å²) in [6.45, 7) is 5.25. The van der Waals surface area contributed by atoms with Crippen molar-refractivity contribution in [3.63, 3.8) is 0 Å². The molecule has 0 aliphatic heterocycles. The number of aryl methyl sites for hydroxylation is 2. The van der Waals surface area contributed by atoms with Gasteiger partial charge in [-0.15, -0.1) is 0 Å². The zero-order valence-corrected chi connectivity index (χ0v) is 9.82. The average molecular weight is 220 g/mol. The van der Waals surface area contributed by atoms with Crippen LogP contribution in [0.15, 0.2) is 12.3 Å². The maximum Gasteiger partial charge on any atom is 0.157 e. The molecule has 0 atom stereocenters. The van der Waals surface area contributed by atoms with Crippen LogP contribution in [-0.4, -0.2) is 21.4 Å². The highest BCUT2D eigenvalue weighted by atomic mass is 16.6. The minimum absolute atomic E-state index is 0.654. The summed E-state index contributed by atoms with van der Waals surface area (Å²) in [5.74, 6) is 0. The molecule has 2 aromatic heterocycles. The summed E-state index contributed by atoms with van der Waals surface area (Å²) < 4.78 is 1.80. The molecule has 0 saturated carbocycles. The molecule has 0 aliphatic rings. The quantitative estimate of drug-likeness (QED) is 0.623. The predicted molar refractivity (Wildman–Crippen MR) is 61.7 cm³/mol. The lowest BCUT2D eigenvalue weighted by atomic mass is 10.2. The third kappa shape index (κ3) is 2.05. The van der Waals surface area contributed by atoms with Gasteiger partial charge >= 0.3 is 0 Å². The van der Waals surface area contributed by atoms with Gasteiger partial charge in [0.15, 0.2) is 5.65 Å². The smallest absolute Gasteiger partial charge is 0.157 e. The third-order valence-electron chi connectivity index (χ3n) is 2.44. The molecule has 2 rings (SSSR count). The van der Waals surface area contributed by atoms with Crippen LogP contribution in [0.3, 0.4) is 0 Å². The molecule has 1 N–H and O–H groups in total. The van der Waals surface area contributed by atoms with Crippen molar-refractivity contribution in [1.29, 1.82) is 0 Å². The van der Waals surface area contributed by atoms with Crippen molar-refractivity contribution < 1.29 is 4.84 Å². The Morgan fingerprint density at radius 1 is 1.50 bits per heavy atom. The molecule has 0 fully saturated rings. The molecule has 86 valence electrons. The van der Waals surface area contributed by atoms with E-state index in [9.17, 15) is 0 Å². The van der Waals surface area contributed by atoms with Gasteiger partial charge in [0.1, 0.15) is 0 Å². The van der Waals surface area contributed by atoms with Crippen molar-refractivity contribution in [1.82, 2.24) is 20.2 Å². The van der Waals surface area contributed by atoms with E-state index in [1.165, 1.54) is 0 Å². The largest absolute Gasteiger partial charge is 0.302 e. The van der Waals surface area contributed by atoms with Gasteiger partial charge in [-0.25, -0.2) is 4.98 Å². The van der Waals surface area contributed by atoms with Crippen LogP contribution in [0.2, 0.25) is 0 Å². The van der Waals surface area contributed by atoms with Crippen LogP contribution >= 0.6 is 0 Å². The predicted octanol–water partition coefficient (Wildman–Crippen LogP) is 1.32. The standard InChI is InChI=1S/C11H16N4O/c1-4-16-13-7-9-5-10-8(2)14-15(3)11(10)12-6-9/h5-6,13H,4,7H2,1-3H3.